The lowest BCUT2D eigenvalue weighted by Crippen LogP contribution is -2.11. The molecule has 0 N–H and O–H groups in total. The minimum atomic E-state index is -0.549. The van der Waals surface area contributed by atoms with E-state index >= 15 is 0 Å². The summed E-state index contributed by atoms with van der Waals surface area (Å²) >= 11 is 0. The van der Waals surface area contributed by atoms with Gasteiger partial charge in [-0.3, -0.25) is 9.59 Å². The van der Waals surface area contributed by atoms with E-state index in [0.29, 0.717) is 28.9 Å². The molecule has 0 aromatic heterocycles. The second kappa shape index (κ2) is 12.9. The van der Waals surface area contributed by atoms with Crippen molar-refractivity contribution in [2.75, 3.05) is 7.11 Å². The number of benzene rings is 2. The SMILES string of the molecule is CCCCCCCCCC(=O)Oc1cccc(-c2ccc(C(C)C(=O)OC)cc2F)c1. The molecule has 1 atom stereocenters. The normalized spacial score (nSPS) is 11.7. The van der Waals surface area contributed by atoms with Crippen molar-refractivity contribution in [2.45, 2.75) is 71.1 Å². The van der Waals surface area contributed by atoms with Gasteiger partial charge in [-0.1, -0.05) is 69.7 Å². The lowest BCUT2D eigenvalue weighted by atomic mass is 9.97. The van der Waals surface area contributed by atoms with Crippen LogP contribution in [0.4, 0.5) is 4.39 Å². The summed E-state index contributed by atoms with van der Waals surface area (Å²) < 4.78 is 24.9. The molecule has 0 fully saturated rings. The molecule has 1 unspecified atom stereocenters. The molecule has 0 aliphatic heterocycles. The fourth-order valence-corrected chi connectivity index (χ4v) is 3.48. The molecule has 0 spiro atoms. The first-order chi connectivity index (χ1) is 15.0. The maximum Gasteiger partial charge on any atom is 0.312 e. The van der Waals surface area contributed by atoms with Gasteiger partial charge in [-0.15, -0.1) is 0 Å². The standard InChI is InChI=1S/C26H33FO4/c1-4-5-6-7-8-9-10-14-25(28)31-22-13-11-12-21(17-22)23-16-15-20(18-24(23)27)19(2)26(29)30-3/h11-13,15-19H,4-10,14H2,1-3H3. The maximum absolute atomic E-state index is 14.7. The van der Waals surface area contributed by atoms with E-state index in [2.05, 4.69) is 6.92 Å². The van der Waals surface area contributed by atoms with Crippen LogP contribution in [0.2, 0.25) is 0 Å². The van der Waals surface area contributed by atoms with Gasteiger partial charge in [0.2, 0.25) is 0 Å². The summed E-state index contributed by atoms with van der Waals surface area (Å²) in [7, 11) is 1.31. The predicted octanol–water partition coefficient (Wildman–Crippen LogP) is 6.82. The smallest absolute Gasteiger partial charge is 0.312 e. The van der Waals surface area contributed by atoms with E-state index in [9.17, 15) is 14.0 Å². The van der Waals surface area contributed by atoms with Crippen LogP contribution >= 0.6 is 0 Å². The Kier molecular flexibility index (Phi) is 10.2. The van der Waals surface area contributed by atoms with Crippen molar-refractivity contribution in [3.05, 3.63) is 53.8 Å². The first-order valence-corrected chi connectivity index (χ1v) is 11.1. The van der Waals surface area contributed by atoms with Gasteiger partial charge in [0.05, 0.1) is 13.0 Å². The van der Waals surface area contributed by atoms with Crippen LogP contribution in [0.1, 0.15) is 76.7 Å². The summed E-state index contributed by atoms with van der Waals surface area (Å²) in [6, 6.07) is 11.5. The molecule has 168 valence electrons. The van der Waals surface area contributed by atoms with Crippen LogP contribution in [-0.2, 0) is 14.3 Å². The Morgan fingerprint density at radius 2 is 1.68 bits per heavy atom. The lowest BCUT2D eigenvalue weighted by Gasteiger charge is -2.12. The number of rotatable bonds is 12. The minimum Gasteiger partial charge on any atom is -0.469 e. The van der Waals surface area contributed by atoms with Crippen LogP contribution in [0.15, 0.2) is 42.5 Å². The fourth-order valence-electron chi connectivity index (χ4n) is 3.48. The van der Waals surface area contributed by atoms with E-state index in [0.717, 1.165) is 19.3 Å². The Bertz CT molecular complexity index is 862. The molecule has 0 saturated heterocycles. The van der Waals surface area contributed by atoms with Crippen molar-refractivity contribution in [1.82, 2.24) is 0 Å². The molecule has 4 nitrogen and oxygen atoms in total. The number of esters is 2. The minimum absolute atomic E-state index is 0.270. The van der Waals surface area contributed by atoms with Crippen LogP contribution < -0.4 is 4.74 Å². The van der Waals surface area contributed by atoms with Gasteiger partial charge in [-0.2, -0.15) is 0 Å². The van der Waals surface area contributed by atoms with Gasteiger partial charge in [0.1, 0.15) is 11.6 Å². The van der Waals surface area contributed by atoms with Crippen molar-refractivity contribution in [3.63, 3.8) is 0 Å². The van der Waals surface area contributed by atoms with Crippen molar-refractivity contribution < 1.29 is 23.5 Å². The van der Waals surface area contributed by atoms with Gasteiger partial charge >= 0.3 is 11.9 Å². The van der Waals surface area contributed by atoms with Crippen molar-refractivity contribution in [1.29, 1.82) is 0 Å². The average molecular weight is 429 g/mol. The zero-order valence-corrected chi connectivity index (χ0v) is 18.8. The Morgan fingerprint density at radius 3 is 2.35 bits per heavy atom. The average Bonchev–Trinajstić information content (AvgIpc) is 2.77. The fraction of sp³-hybridized carbons (Fsp3) is 0.462. The Hall–Kier alpha value is -2.69. The Morgan fingerprint density at radius 1 is 0.968 bits per heavy atom. The van der Waals surface area contributed by atoms with Gasteiger partial charge in [0.15, 0.2) is 0 Å². The summed E-state index contributed by atoms with van der Waals surface area (Å²) in [5, 5.41) is 0. The van der Waals surface area contributed by atoms with E-state index in [1.807, 2.05) is 0 Å². The summed E-state index contributed by atoms with van der Waals surface area (Å²) in [5.41, 5.74) is 1.53. The van der Waals surface area contributed by atoms with Gasteiger partial charge in [-0.25, -0.2) is 4.39 Å². The Balaban J connectivity index is 1.94. The highest BCUT2D eigenvalue weighted by Crippen LogP contribution is 2.29. The molecule has 0 aliphatic rings. The van der Waals surface area contributed by atoms with Crippen molar-refractivity contribution >= 4 is 11.9 Å². The highest BCUT2D eigenvalue weighted by molar-refractivity contribution is 5.78. The van der Waals surface area contributed by atoms with Crippen molar-refractivity contribution in [3.8, 4) is 16.9 Å². The van der Waals surface area contributed by atoms with E-state index in [-0.39, 0.29) is 5.97 Å². The van der Waals surface area contributed by atoms with Gasteiger partial charge in [-0.05, 0) is 42.7 Å². The molecule has 31 heavy (non-hydrogen) atoms. The third-order valence-corrected chi connectivity index (χ3v) is 5.41. The number of halogens is 1. The molecular formula is C26H33FO4. The van der Waals surface area contributed by atoms with Gasteiger partial charge in [0.25, 0.3) is 0 Å². The topological polar surface area (TPSA) is 52.6 Å². The van der Waals surface area contributed by atoms with Crippen LogP contribution in [-0.4, -0.2) is 19.0 Å². The number of hydrogen-bond donors (Lipinski definition) is 0. The van der Waals surface area contributed by atoms with E-state index in [1.54, 1.807) is 43.3 Å². The lowest BCUT2D eigenvalue weighted by molar-refractivity contribution is -0.142. The molecule has 0 aliphatic carbocycles. The summed E-state index contributed by atoms with van der Waals surface area (Å²) in [6.07, 6.45) is 8.34. The summed E-state index contributed by atoms with van der Waals surface area (Å²) in [6.45, 7) is 3.87. The first kappa shape index (κ1) is 24.6. The molecule has 5 heteroatoms. The molecule has 0 saturated carbocycles. The van der Waals surface area contributed by atoms with Gasteiger partial charge in [0, 0.05) is 12.0 Å². The highest BCUT2D eigenvalue weighted by atomic mass is 19.1. The maximum atomic E-state index is 14.7. The monoisotopic (exact) mass is 428 g/mol. The zero-order chi connectivity index (χ0) is 22.6. The molecular weight excluding hydrogens is 395 g/mol. The number of carbonyl (C=O) groups excluding carboxylic acids is 2. The number of ether oxygens (including phenoxy) is 2. The molecule has 2 aromatic rings. The van der Waals surface area contributed by atoms with E-state index < -0.39 is 17.7 Å². The third kappa shape index (κ3) is 7.82. The molecule has 2 rings (SSSR count). The molecule has 2 aromatic carbocycles. The molecule has 0 radical (unpaired) electrons. The molecule has 0 amide bonds. The third-order valence-electron chi connectivity index (χ3n) is 5.41. The summed E-state index contributed by atoms with van der Waals surface area (Å²) in [5.74, 6) is -1.28. The second-order valence-corrected chi connectivity index (χ2v) is 7.86. The zero-order valence-electron chi connectivity index (χ0n) is 18.8. The molecule has 0 bridgehead atoms. The van der Waals surface area contributed by atoms with Crippen LogP contribution in [0, 0.1) is 5.82 Å². The van der Waals surface area contributed by atoms with Crippen LogP contribution in [0.5, 0.6) is 5.75 Å². The second-order valence-electron chi connectivity index (χ2n) is 7.86. The van der Waals surface area contributed by atoms with Crippen LogP contribution in [0.3, 0.4) is 0 Å². The van der Waals surface area contributed by atoms with Crippen LogP contribution in [0.25, 0.3) is 11.1 Å². The molecule has 0 heterocycles. The predicted molar refractivity (Wildman–Crippen MR) is 121 cm³/mol. The largest absolute Gasteiger partial charge is 0.469 e. The highest BCUT2D eigenvalue weighted by Gasteiger charge is 2.18. The quantitative estimate of drug-likeness (QED) is 0.212. The number of hydrogen-bond acceptors (Lipinski definition) is 4. The number of unbranched alkanes of at least 4 members (excludes halogenated alkanes) is 6. The number of carbonyl (C=O) groups is 2. The summed E-state index contributed by atoms with van der Waals surface area (Å²) in [4.78, 5) is 23.8. The van der Waals surface area contributed by atoms with Crippen molar-refractivity contribution in [2.24, 2.45) is 0 Å². The van der Waals surface area contributed by atoms with Gasteiger partial charge < -0.3 is 9.47 Å². The van der Waals surface area contributed by atoms with E-state index in [4.69, 9.17) is 9.47 Å². The number of methoxy groups -OCH3 is 1. The first-order valence-electron chi connectivity index (χ1n) is 11.1. The Labute approximate surface area is 184 Å². The van der Waals surface area contributed by atoms with E-state index in [1.165, 1.54) is 38.9 Å².